The maximum absolute atomic E-state index is 12.7. The zero-order valence-corrected chi connectivity index (χ0v) is 29.5. The summed E-state index contributed by atoms with van der Waals surface area (Å²) in [6.07, 6.45) is 10.0. The molecular weight excluding hydrogens is 640 g/mol. The van der Waals surface area contributed by atoms with E-state index in [-0.39, 0.29) is 11.9 Å². The van der Waals surface area contributed by atoms with Crippen molar-refractivity contribution in [2.45, 2.75) is 56.7 Å². The van der Waals surface area contributed by atoms with Gasteiger partial charge in [0.2, 0.25) is 5.91 Å². The monoisotopic (exact) mass is 688 g/mol. The van der Waals surface area contributed by atoms with Gasteiger partial charge in [-0.2, -0.15) is 0 Å². The summed E-state index contributed by atoms with van der Waals surface area (Å²) >= 11 is 0. The van der Waals surface area contributed by atoms with E-state index in [0.29, 0.717) is 41.4 Å². The van der Waals surface area contributed by atoms with Gasteiger partial charge in [-0.1, -0.05) is 55.5 Å². The molecule has 3 aliphatic heterocycles. The van der Waals surface area contributed by atoms with Crippen molar-refractivity contribution in [1.82, 2.24) is 19.8 Å². The predicted octanol–water partition coefficient (Wildman–Crippen LogP) is 6.53. The second kappa shape index (κ2) is 14.9. The molecule has 1 saturated carbocycles. The third-order valence-corrected chi connectivity index (χ3v) is 11.3. The number of piperidine rings is 1. The lowest BCUT2D eigenvalue weighted by atomic mass is 9.91. The van der Waals surface area contributed by atoms with Gasteiger partial charge in [-0.25, -0.2) is 15.0 Å². The number of rotatable bonds is 10. The zero-order valence-electron chi connectivity index (χ0n) is 29.5. The molecule has 1 aromatic heterocycles. The number of nitrogens with zero attached hydrogens (tertiary/aromatic N) is 6. The Hall–Kier alpha value is -4.71. The average molecular weight is 689 g/mol. The molecular formula is C40H48N8O3. The van der Waals surface area contributed by atoms with Crippen molar-refractivity contribution in [3.05, 3.63) is 85.2 Å². The summed E-state index contributed by atoms with van der Waals surface area (Å²) < 4.78 is 5.93. The predicted molar refractivity (Wildman–Crippen MR) is 203 cm³/mol. The topological polar surface area (TPSA) is 98.3 Å². The van der Waals surface area contributed by atoms with E-state index in [4.69, 9.17) is 9.57 Å². The van der Waals surface area contributed by atoms with E-state index in [2.05, 4.69) is 84.3 Å². The van der Waals surface area contributed by atoms with E-state index < -0.39 is 0 Å². The molecule has 1 atom stereocenters. The lowest BCUT2D eigenvalue weighted by molar-refractivity contribution is -0.111. The number of aromatic nitrogens is 2. The third-order valence-electron chi connectivity index (χ3n) is 11.3. The van der Waals surface area contributed by atoms with E-state index in [0.717, 1.165) is 57.2 Å². The third kappa shape index (κ3) is 6.98. The molecule has 3 saturated heterocycles. The number of hydrogen-bond donors (Lipinski definition) is 2. The molecule has 51 heavy (non-hydrogen) atoms. The SMILES string of the molecule is C=CC(=O)Nc1cc(Nc2cc(N3OCCC3c3cccc4ccccc34)ncn2)c(OC)cc1N1CCC(N2CCN(C3CCC3)CC2)CC1. The van der Waals surface area contributed by atoms with Gasteiger partial charge in [0.1, 0.15) is 17.9 Å². The molecule has 4 aromatic rings. The molecule has 11 nitrogen and oxygen atoms in total. The fourth-order valence-electron chi connectivity index (χ4n) is 8.27. The van der Waals surface area contributed by atoms with Crippen LogP contribution >= 0.6 is 0 Å². The zero-order chi connectivity index (χ0) is 34.7. The van der Waals surface area contributed by atoms with Crippen LogP contribution in [0.5, 0.6) is 5.75 Å². The maximum Gasteiger partial charge on any atom is 0.247 e. The Morgan fingerprint density at radius 3 is 2.35 bits per heavy atom. The molecule has 4 aliphatic rings. The van der Waals surface area contributed by atoms with Gasteiger partial charge >= 0.3 is 0 Å². The molecule has 4 heterocycles. The highest BCUT2D eigenvalue weighted by atomic mass is 16.7. The molecule has 8 rings (SSSR count). The van der Waals surface area contributed by atoms with Crippen molar-refractivity contribution in [3.63, 3.8) is 0 Å². The second-order valence-corrected chi connectivity index (χ2v) is 14.1. The number of anilines is 5. The van der Waals surface area contributed by atoms with E-state index >= 15 is 0 Å². The van der Waals surface area contributed by atoms with Gasteiger partial charge in [0.25, 0.3) is 0 Å². The molecule has 1 unspecified atom stereocenters. The number of ether oxygens (including phenoxy) is 1. The highest BCUT2D eigenvalue weighted by Crippen LogP contribution is 2.41. The number of fused-ring (bicyclic) bond motifs is 1. The number of methoxy groups -OCH3 is 1. The van der Waals surface area contributed by atoms with Gasteiger partial charge in [-0.3, -0.25) is 19.4 Å². The number of carbonyl (C=O) groups is 1. The Bertz CT molecular complexity index is 1860. The first-order valence-corrected chi connectivity index (χ1v) is 18.5. The van der Waals surface area contributed by atoms with Crippen LogP contribution in [-0.2, 0) is 9.63 Å². The summed E-state index contributed by atoms with van der Waals surface area (Å²) in [6, 6.07) is 22.1. The standard InChI is InChI=1S/C40H48N8O3/c1-3-40(49)44-33-24-34(37(50-2)25-36(33)47-17-14-30(15-18-47)46-21-19-45(20-22-46)29-10-7-11-29)43-38-26-39(42-27-41-38)48-35(16-23-51-48)32-13-6-9-28-8-4-5-12-31(28)32/h3-6,8-9,12-13,24-27,29-30,35H,1,7,10-11,14-23H2,2H3,(H,44,49)(H,41,42,43). The minimum atomic E-state index is -0.262. The normalized spacial score (nSPS) is 20.7. The maximum atomic E-state index is 12.7. The van der Waals surface area contributed by atoms with Gasteiger partial charge in [0.05, 0.1) is 36.8 Å². The Balaban J connectivity index is 0.997. The summed E-state index contributed by atoms with van der Waals surface area (Å²) in [5.41, 5.74) is 3.52. The van der Waals surface area contributed by atoms with Crippen molar-refractivity contribution in [2.75, 3.05) is 73.6 Å². The van der Waals surface area contributed by atoms with Crippen LogP contribution in [0.2, 0.25) is 0 Å². The van der Waals surface area contributed by atoms with Crippen LogP contribution in [0, 0.1) is 0 Å². The van der Waals surface area contributed by atoms with Crippen LogP contribution in [0.1, 0.15) is 50.1 Å². The fraction of sp³-hybridized carbons (Fsp3) is 0.425. The van der Waals surface area contributed by atoms with Crippen LogP contribution in [0.25, 0.3) is 10.8 Å². The van der Waals surface area contributed by atoms with Gasteiger partial charge in [-0.05, 0) is 54.2 Å². The molecule has 0 spiro atoms. The highest BCUT2D eigenvalue weighted by molar-refractivity contribution is 6.02. The minimum absolute atomic E-state index is 0.00877. The van der Waals surface area contributed by atoms with Crippen molar-refractivity contribution in [1.29, 1.82) is 0 Å². The van der Waals surface area contributed by atoms with Gasteiger partial charge in [0, 0.05) is 69.9 Å². The van der Waals surface area contributed by atoms with E-state index in [1.54, 1.807) is 7.11 Å². The highest BCUT2D eigenvalue weighted by Gasteiger charge is 2.33. The Morgan fingerprint density at radius 2 is 1.63 bits per heavy atom. The van der Waals surface area contributed by atoms with E-state index in [9.17, 15) is 4.79 Å². The summed E-state index contributed by atoms with van der Waals surface area (Å²) in [5.74, 6) is 1.63. The smallest absolute Gasteiger partial charge is 0.247 e. The van der Waals surface area contributed by atoms with Gasteiger partial charge in [0.15, 0.2) is 5.82 Å². The molecule has 1 amide bonds. The Labute approximate surface area is 300 Å². The fourth-order valence-corrected chi connectivity index (χ4v) is 8.27. The number of carbonyl (C=O) groups excluding carboxylic acids is 1. The molecule has 266 valence electrons. The molecule has 0 radical (unpaired) electrons. The van der Waals surface area contributed by atoms with Gasteiger partial charge < -0.3 is 20.3 Å². The number of benzene rings is 3. The summed E-state index contributed by atoms with van der Waals surface area (Å²) in [6.45, 7) is 10.8. The number of amides is 1. The summed E-state index contributed by atoms with van der Waals surface area (Å²) in [4.78, 5) is 35.7. The second-order valence-electron chi connectivity index (χ2n) is 14.1. The lowest BCUT2D eigenvalue weighted by Crippen LogP contribution is -2.56. The summed E-state index contributed by atoms with van der Waals surface area (Å²) in [7, 11) is 1.67. The minimum Gasteiger partial charge on any atom is -0.494 e. The number of nitrogens with one attached hydrogen (secondary N) is 2. The van der Waals surface area contributed by atoms with Crippen LogP contribution in [-0.4, -0.2) is 90.7 Å². The quantitative estimate of drug-likeness (QED) is 0.179. The largest absolute Gasteiger partial charge is 0.494 e. The summed E-state index contributed by atoms with van der Waals surface area (Å²) in [5, 5.41) is 10.8. The first-order chi connectivity index (χ1) is 25.1. The Kier molecular flexibility index (Phi) is 9.75. The molecule has 0 bridgehead atoms. The van der Waals surface area contributed by atoms with Crippen LogP contribution in [0.4, 0.5) is 28.7 Å². The van der Waals surface area contributed by atoms with E-state index in [1.807, 2.05) is 23.3 Å². The number of hydrogen-bond acceptors (Lipinski definition) is 10. The van der Waals surface area contributed by atoms with Crippen LogP contribution in [0.15, 0.2) is 79.6 Å². The van der Waals surface area contributed by atoms with Crippen molar-refractivity contribution < 1.29 is 14.4 Å². The van der Waals surface area contributed by atoms with Gasteiger partial charge in [-0.15, -0.1) is 0 Å². The van der Waals surface area contributed by atoms with Crippen LogP contribution in [0.3, 0.4) is 0 Å². The first-order valence-electron chi connectivity index (χ1n) is 18.5. The van der Waals surface area contributed by atoms with Crippen molar-refractivity contribution in [2.24, 2.45) is 0 Å². The molecule has 4 fully saturated rings. The first kappa shape index (κ1) is 33.4. The molecule has 1 aliphatic carbocycles. The van der Waals surface area contributed by atoms with E-state index in [1.165, 1.54) is 61.1 Å². The number of hydroxylamine groups is 1. The molecule has 11 heteroatoms. The average Bonchev–Trinajstić information content (AvgIpc) is 3.65. The van der Waals surface area contributed by atoms with Crippen molar-refractivity contribution >= 4 is 45.4 Å². The molecule has 3 aromatic carbocycles. The molecule has 2 N–H and O–H groups in total. The number of piperazine rings is 1. The Morgan fingerprint density at radius 1 is 0.882 bits per heavy atom. The van der Waals surface area contributed by atoms with Crippen LogP contribution < -0.4 is 25.3 Å². The lowest BCUT2D eigenvalue weighted by Gasteiger charge is -2.46. The van der Waals surface area contributed by atoms with Crippen molar-refractivity contribution in [3.8, 4) is 5.75 Å².